The number of aryl methyl sites for hydroxylation is 1. The first-order valence-electron chi connectivity index (χ1n) is 10.4. The van der Waals surface area contributed by atoms with Crippen molar-refractivity contribution in [3.63, 3.8) is 0 Å². The standard InChI is InChI=1S/C25H21ClN4O4/c1-17-11-23(9-10-24(17)30(32)33)34-16-19-3-2-4-20(12-19)25(31)28-22-13-27-29(15-22)14-18-5-7-21(26)8-6-18/h2-13,15H,14,16H2,1H3,(H,28,31). The molecular weight excluding hydrogens is 456 g/mol. The van der Waals surface area contributed by atoms with Gasteiger partial charge in [-0.1, -0.05) is 35.9 Å². The van der Waals surface area contributed by atoms with Gasteiger partial charge in [-0.15, -0.1) is 0 Å². The van der Waals surface area contributed by atoms with E-state index in [4.69, 9.17) is 16.3 Å². The highest BCUT2D eigenvalue weighted by Gasteiger charge is 2.12. The van der Waals surface area contributed by atoms with Gasteiger partial charge in [-0.25, -0.2) is 0 Å². The lowest BCUT2D eigenvalue weighted by Gasteiger charge is -2.09. The molecule has 0 aliphatic rings. The zero-order valence-corrected chi connectivity index (χ0v) is 19.0. The first-order chi connectivity index (χ1) is 16.4. The van der Waals surface area contributed by atoms with Crippen LogP contribution in [0, 0.1) is 17.0 Å². The van der Waals surface area contributed by atoms with Crippen molar-refractivity contribution in [1.29, 1.82) is 0 Å². The van der Waals surface area contributed by atoms with Gasteiger partial charge in [0.1, 0.15) is 12.4 Å². The van der Waals surface area contributed by atoms with E-state index in [9.17, 15) is 14.9 Å². The number of ether oxygens (including phenoxy) is 1. The number of hydrogen-bond donors (Lipinski definition) is 1. The first-order valence-corrected chi connectivity index (χ1v) is 10.8. The van der Waals surface area contributed by atoms with E-state index in [1.165, 1.54) is 6.07 Å². The maximum atomic E-state index is 12.7. The number of nitro benzene ring substituents is 1. The summed E-state index contributed by atoms with van der Waals surface area (Å²) in [5, 5.41) is 18.8. The van der Waals surface area contributed by atoms with Crippen molar-refractivity contribution in [3.05, 3.63) is 117 Å². The Labute approximate surface area is 200 Å². The molecule has 4 rings (SSSR count). The van der Waals surface area contributed by atoms with Gasteiger partial charge >= 0.3 is 0 Å². The Balaban J connectivity index is 1.36. The number of benzene rings is 3. The Kier molecular flexibility index (Phi) is 6.89. The number of anilines is 1. The van der Waals surface area contributed by atoms with Crippen molar-refractivity contribution in [2.45, 2.75) is 20.1 Å². The Hall–Kier alpha value is -4.17. The third kappa shape index (κ3) is 5.79. The quantitative estimate of drug-likeness (QED) is 0.262. The highest BCUT2D eigenvalue weighted by Crippen LogP contribution is 2.24. The zero-order valence-electron chi connectivity index (χ0n) is 18.3. The number of nitrogens with zero attached hydrogens (tertiary/aromatic N) is 3. The number of aromatic nitrogens is 2. The first kappa shape index (κ1) is 23.0. The second-order valence-corrected chi connectivity index (χ2v) is 8.14. The van der Waals surface area contributed by atoms with Crippen molar-refractivity contribution in [2.75, 3.05) is 5.32 Å². The van der Waals surface area contributed by atoms with Crippen LogP contribution in [-0.2, 0) is 13.2 Å². The van der Waals surface area contributed by atoms with E-state index in [1.807, 2.05) is 30.3 Å². The van der Waals surface area contributed by atoms with Crippen molar-refractivity contribution < 1.29 is 14.5 Å². The van der Waals surface area contributed by atoms with Gasteiger partial charge in [0.2, 0.25) is 0 Å². The van der Waals surface area contributed by atoms with E-state index in [2.05, 4.69) is 10.4 Å². The fourth-order valence-electron chi connectivity index (χ4n) is 3.39. The predicted octanol–water partition coefficient (Wildman–Crippen LogP) is 5.63. The van der Waals surface area contributed by atoms with Crippen LogP contribution in [0.15, 0.2) is 79.1 Å². The number of rotatable bonds is 8. The highest BCUT2D eigenvalue weighted by atomic mass is 35.5. The van der Waals surface area contributed by atoms with E-state index in [0.717, 1.165) is 11.1 Å². The molecule has 3 aromatic carbocycles. The van der Waals surface area contributed by atoms with Gasteiger partial charge in [-0.3, -0.25) is 19.6 Å². The van der Waals surface area contributed by atoms with E-state index < -0.39 is 4.92 Å². The summed E-state index contributed by atoms with van der Waals surface area (Å²) in [7, 11) is 0. The van der Waals surface area contributed by atoms with Gasteiger partial charge in [0.15, 0.2) is 0 Å². The third-order valence-electron chi connectivity index (χ3n) is 5.11. The molecule has 0 atom stereocenters. The van der Waals surface area contributed by atoms with Gasteiger partial charge in [-0.2, -0.15) is 5.10 Å². The Morgan fingerprint density at radius 2 is 1.91 bits per heavy atom. The molecule has 1 aromatic heterocycles. The summed E-state index contributed by atoms with van der Waals surface area (Å²) in [6.07, 6.45) is 3.36. The minimum atomic E-state index is -0.428. The smallest absolute Gasteiger partial charge is 0.272 e. The Bertz CT molecular complexity index is 1340. The van der Waals surface area contributed by atoms with E-state index in [-0.39, 0.29) is 18.2 Å². The monoisotopic (exact) mass is 476 g/mol. The number of carbonyl (C=O) groups is 1. The molecule has 0 spiro atoms. The van der Waals surface area contributed by atoms with Gasteiger partial charge in [0.25, 0.3) is 11.6 Å². The van der Waals surface area contributed by atoms with Gasteiger partial charge in [-0.05, 0) is 54.4 Å². The van der Waals surface area contributed by atoms with Crippen molar-refractivity contribution in [2.24, 2.45) is 0 Å². The molecule has 0 bridgehead atoms. The minimum absolute atomic E-state index is 0.0440. The maximum Gasteiger partial charge on any atom is 0.272 e. The molecule has 172 valence electrons. The fraction of sp³-hybridized carbons (Fsp3) is 0.120. The van der Waals surface area contributed by atoms with Crippen LogP contribution in [0.3, 0.4) is 0 Å². The molecule has 0 aliphatic heterocycles. The van der Waals surface area contributed by atoms with Crippen LogP contribution in [0.5, 0.6) is 5.75 Å². The van der Waals surface area contributed by atoms with Gasteiger partial charge in [0.05, 0.1) is 23.4 Å². The molecule has 1 heterocycles. The summed E-state index contributed by atoms with van der Waals surface area (Å²) in [5.41, 5.74) is 3.46. The van der Waals surface area contributed by atoms with Crippen molar-refractivity contribution in [1.82, 2.24) is 9.78 Å². The normalized spacial score (nSPS) is 10.6. The van der Waals surface area contributed by atoms with Crippen LogP contribution >= 0.6 is 11.6 Å². The molecule has 9 heteroatoms. The molecule has 1 amide bonds. The van der Waals surface area contributed by atoms with Crippen molar-refractivity contribution >= 4 is 28.9 Å². The molecule has 0 saturated heterocycles. The van der Waals surface area contributed by atoms with Gasteiger partial charge < -0.3 is 10.1 Å². The largest absolute Gasteiger partial charge is 0.489 e. The Morgan fingerprint density at radius 1 is 1.12 bits per heavy atom. The summed E-state index contributed by atoms with van der Waals surface area (Å²) in [4.78, 5) is 23.3. The molecule has 4 aromatic rings. The Morgan fingerprint density at radius 3 is 2.65 bits per heavy atom. The molecule has 8 nitrogen and oxygen atoms in total. The molecule has 0 unspecified atom stereocenters. The second kappa shape index (κ2) is 10.2. The molecular formula is C25H21ClN4O4. The summed E-state index contributed by atoms with van der Waals surface area (Å²) in [6, 6.07) is 19.2. The number of halogens is 1. The van der Waals surface area contributed by atoms with Crippen LogP contribution in [0.2, 0.25) is 5.02 Å². The molecule has 1 N–H and O–H groups in total. The summed E-state index contributed by atoms with van der Waals surface area (Å²) in [5.74, 6) is 0.255. The van der Waals surface area contributed by atoms with Crippen LogP contribution in [0.25, 0.3) is 0 Å². The fourth-order valence-corrected chi connectivity index (χ4v) is 3.51. The average molecular weight is 477 g/mol. The van der Waals surface area contributed by atoms with E-state index in [0.29, 0.717) is 34.1 Å². The van der Waals surface area contributed by atoms with Crippen LogP contribution in [0.4, 0.5) is 11.4 Å². The lowest BCUT2D eigenvalue weighted by Crippen LogP contribution is -2.12. The SMILES string of the molecule is Cc1cc(OCc2cccc(C(=O)Nc3cnn(Cc4ccc(Cl)cc4)c3)c2)ccc1[N+](=O)[O-]. The van der Waals surface area contributed by atoms with Crippen LogP contribution in [0.1, 0.15) is 27.0 Å². The summed E-state index contributed by atoms with van der Waals surface area (Å²) >= 11 is 5.92. The van der Waals surface area contributed by atoms with E-state index in [1.54, 1.807) is 54.3 Å². The average Bonchev–Trinajstić information content (AvgIpc) is 3.25. The number of carbonyl (C=O) groups excluding carboxylic acids is 1. The minimum Gasteiger partial charge on any atom is -0.489 e. The number of amides is 1. The highest BCUT2D eigenvalue weighted by molar-refractivity contribution is 6.30. The molecule has 0 aliphatic carbocycles. The van der Waals surface area contributed by atoms with Gasteiger partial charge in [0, 0.05) is 28.4 Å². The summed E-state index contributed by atoms with van der Waals surface area (Å²) in [6.45, 7) is 2.44. The maximum absolute atomic E-state index is 12.7. The lowest BCUT2D eigenvalue weighted by atomic mass is 10.1. The van der Waals surface area contributed by atoms with Crippen molar-refractivity contribution in [3.8, 4) is 5.75 Å². The van der Waals surface area contributed by atoms with E-state index >= 15 is 0 Å². The topological polar surface area (TPSA) is 99.3 Å². The second-order valence-electron chi connectivity index (χ2n) is 7.70. The predicted molar refractivity (Wildman–Crippen MR) is 129 cm³/mol. The summed E-state index contributed by atoms with van der Waals surface area (Å²) < 4.78 is 7.48. The number of nitro groups is 1. The van der Waals surface area contributed by atoms with Crippen LogP contribution in [-0.4, -0.2) is 20.6 Å². The lowest BCUT2D eigenvalue weighted by molar-refractivity contribution is -0.385. The molecule has 34 heavy (non-hydrogen) atoms. The zero-order chi connectivity index (χ0) is 24.1. The molecule has 0 saturated carbocycles. The number of hydrogen-bond acceptors (Lipinski definition) is 5. The van der Waals surface area contributed by atoms with Crippen LogP contribution < -0.4 is 10.1 Å². The number of nitrogens with one attached hydrogen (secondary N) is 1. The molecule has 0 radical (unpaired) electrons. The molecule has 0 fully saturated rings. The third-order valence-corrected chi connectivity index (χ3v) is 5.36.